The first kappa shape index (κ1) is 12.5. The number of aryl methyl sites for hydroxylation is 1. The lowest BCUT2D eigenvalue weighted by Crippen LogP contribution is -1.84. The fourth-order valence-electron chi connectivity index (χ4n) is 1.75. The lowest BCUT2D eigenvalue weighted by atomic mass is 10.0. The van der Waals surface area contributed by atoms with Gasteiger partial charge in [-0.15, -0.1) is 0 Å². The van der Waals surface area contributed by atoms with Crippen molar-refractivity contribution in [1.29, 1.82) is 0 Å². The van der Waals surface area contributed by atoms with E-state index in [1.54, 1.807) is 11.8 Å². The molecule has 0 fully saturated rings. The number of rotatable bonds is 3. The van der Waals surface area contributed by atoms with Crippen LogP contribution in [0.4, 0.5) is 0 Å². The Kier molecular flexibility index (Phi) is 4.14. The van der Waals surface area contributed by atoms with Crippen molar-refractivity contribution in [1.82, 2.24) is 0 Å². The zero-order chi connectivity index (χ0) is 12.3. The van der Waals surface area contributed by atoms with Crippen LogP contribution < -0.4 is 0 Å². The number of thioether (sulfide) groups is 1. The molecule has 0 spiro atoms. The summed E-state index contributed by atoms with van der Waals surface area (Å²) in [5, 5.41) is 0.859. The van der Waals surface area contributed by atoms with E-state index in [-0.39, 0.29) is 0 Å². The Morgan fingerprint density at radius 1 is 1.00 bits per heavy atom. The average molecular weight is 263 g/mol. The van der Waals surface area contributed by atoms with Crippen LogP contribution in [0.5, 0.6) is 0 Å². The van der Waals surface area contributed by atoms with Crippen molar-refractivity contribution >= 4 is 23.4 Å². The maximum atomic E-state index is 6.28. The summed E-state index contributed by atoms with van der Waals surface area (Å²) < 4.78 is 0. The Morgan fingerprint density at radius 2 is 1.65 bits per heavy atom. The molecular formula is C15H15ClS. The van der Waals surface area contributed by atoms with E-state index in [0.717, 1.165) is 10.8 Å². The Bertz CT molecular complexity index is 503. The van der Waals surface area contributed by atoms with Crippen molar-refractivity contribution in [3.8, 4) is 11.1 Å². The van der Waals surface area contributed by atoms with Gasteiger partial charge in [-0.05, 0) is 35.9 Å². The molecule has 0 saturated carbocycles. The predicted octanol–water partition coefficient (Wildman–Crippen LogP) is 5.18. The molecule has 0 saturated heterocycles. The largest absolute Gasteiger partial charge is 0.161 e. The molecule has 2 aromatic carbocycles. The van der Waals surface area contributed by atoms with Crippen LogP contribution in [0.1, 0.15) is 11.1 Å². The molecule has 2 heteroatoms. The molecule has 0 aliphatic carbocycles. The van der Waals surface area contributed by atoms with Gasteiger partial charge in [0.25, 0.3) is 0 Å². The summed E-state index contributed by atoms with van der Waals surface area (Å²) >= 11 is 8.06. The van der Waals surface area contributed by atoms with Crippen LogP contribution >= 0.6 is 23.4 Å². The van der Waals surface area contributed by atoms with Crippen LogP contribution in [0.15, 0.2) is 42.5 Å². The van der Waals surface area contributed by atoms with Gasteiger partial charge in [-0.3, -0.25) is 0 Å². The minimum Gasteiger partial charge on any atom is -0.161 e. The summed E-state index contributed by atoms with van der Waals surface area (Å²) in [4.78, 5) is 0. The van der Waals surface area contributed by atoms with Gasteiger partial charge in [0.05, 0.1) is 0 Å². The second-order valence-corrected chi connectivity index (χ2v) is 5.38. The van der Waals surface area contributed by atoms with Crippen LogP contribution in [0, 0.1) is 6.92 Å². The summed E-state index contributed by atoms with van der Waals surface area (Å²) in [7, 11) is 0. The first-order valence-electron chi connectivity index (χ1n) is 5.55. The molecule has 0 nitrogen and oxygen atoms in total. The second-order valence-electron chi connectivity index (χ2n) is 4.11. The third-order valence-corrected chi connectivity index (χ3v) is 3.69. The summed E-state index contributed by atoms with van der Waals surface area (Å²) in [6, 6.07) is 14.8. The molecule has 0 radical (unpaired) electrons. The number of hydrogen-bond donors (Lipinski definition) is 0. The molecule has 0 amide bonds. The van der Waals surface area contributed by atoms with E-state index in [4.69, 9.17) is 11.6 Å². The van der Waals surface area contributed by atoms with Gasteiger partial charge in [-0.1, -0.05) is 53.6 Å². The quantitative estimate of drug-likeness (QED) is 0.735. The normalized spacial score (nSPS) is 10.5. The van der Waals surface area contributed by atoms with E-state index >= 15 is 0 Å². The lowest BCUT2D eigenvalue weighted by Gasteiger charge is -2.06. The molecule has 0 heterocycles. The lowest BCUT2D eigenvalue weighted by molar-refractivity contribution is 1.41. The average Bonchev–Trinajstić information content (AvgIpc) is 2.33. The van der Waals surface area contributed by atoms with Crippen molar-refractivity contribution in [2.24, 2.45) is 0 Å². The molecule has 0 aromatic heterocycles. The second kappa shape index (κ2) is 5.61. The van der Waals surface area contributed by atoms with Gasteiger partial charge in [0.1, 0.15) is 0 Å². The maximum Gasteiger partial charge on any atom is 0.0452 e. The predicted molar refractivity (Wildman–Crippen MR) is 78.8 cm³/mol. The summed E-state index contributed by atoms with van der Waals surface area (Å²) in [6.07, 6.45) is 2.09. The fourth-order valence-corrected chi connectivity index (χ4v) is 2.63. The van der Waals surface area contributed by atoms with E-state index in [1.165, 1.54) is 22.3 Å². The molecule has 0 N–H and O–H groups in total. The molecule has 0 aliphatic rings. The van der Waals surface area contributed by atoms with Crippen molar-refractivity contribution in [3.05, 3.63) is 58.6 Å². The van der Waals surface area contributed by atoms with Gasteiger partial charge in [0.2, 0.25) is 0 Å². The molecule has 17 heavy (non-hydrogen) atoms. The minimum absolute atomic E-state index is 0.859. The minimum atomic E-state index is 0.859. The molecule has 2 rings (SSSR count). The molecule has 0 aliphatic heterocycles. The SMILES string of the molecule is CSCc1ccc(-c2ccc(C)cc2)cc1Cl. The molecule has 0 unspecified atom stereocenters. The summed E-state index contributed by atoms with van der Waals surface area (Å²) in [5.41, 5.74) is 4.88. The van der Waals surface area contributed by atoms with Crippen LogP contribution in [0.3, 0.4) is 0 Å². The maximum absolute atomic E-state index is 6.28. The van der Waals surface area contributed by atoms with Crippen LogP contribution in [-0.2, 0) is 5.75 Å². The van der Waals surface area contributed by atoms with Crippen molar-refractivity contribution < 1.29 is 0 Å². The standard InChI is InChI=1S/C15H15ClS/c1-11-3-5-12(6-4-11)13-7-8-14(10-17-2)15(16)9-13/h3-9H,10H2,1-2H3. The van der Waals surface area contributed by atoms with Crippen LogP contribution in [-0.4, -0.2) is 6.26 Å². The van der Waals surface area contributed by atoms with Gasteiger partial charge in [0, 0.05) is 10.8 Å². The number of benzene rings is 2. The highest BCUT2D eigenvalue weighted by atomic mass is 35.5. The Morgan fingerprint density at radius 3 is 2.24 bits per heavy atom. The first-order valence-corrected chi connectivity index (χ1v) is 7.32. The van der Waals surface area contributed by atoms with E-state index in [2.05, 4.69) is 55.6 Å². The monoisotopic (exact) mass is 262 g/mol. The smallest absolute Gasteiger partial charge is 0.0452 e. The van der Waals surface area contributed by atoms with E-state index in [0.29, 0.717) is 0 Å². The van der Waals surface area contributed by atoms with Gasteiger partial charge in [-0.2, -0.15) is 11.8 Å². The van der Waals surface area contributed by atoms with E-state index in [1.807, 2.05) is 0 Å². The first-order chi connectivity index (χ1) is 8.20. The van der Waals surface area contributed by atoms with Crippen LogP contribution in [0.2, 0.25) is 5.02 Å². The van der Waals surface area contributed by atoms with Gasteiger partial charge in [0.15, 0.2) is 0 Å². The highest BCUT2D eigenvalue weighted by molar-refractivity contribution is 7.97. The summed E-state index contributed by atoms with van der Waals surface area (Å²) in [6.45, 7) is 2.10. The Balaban J connectivity index is 2.34. The molecule has 0 bridgehead atoms. The molecular weight excluding hydrogens is 248 g/mol. The van der Waals surface area contributed by atoms with Gasteiger partial charge in [-0.25, -0.2) is 0 Å². The van der Waals surface area contributed by atoms with Gasteiger partial charge < -0.3 is 0 Å². The summed E-state index contributed by atoms with van der Waals surface area (Å²) in [5.74, 6) is 0.965. The zero-order valence-electron chi connectivity index (χ0n) is 10.0. The van der Waals surface area contributed by atoms with E-state index < -0.39 is 0 Å². The number of halogens is 1. The molecule has 88 valence electrons. The highest BCUT2D eigenvalue weighted by Crippen LogP contribution is 2.27. The fraction of sp³-hybridized carbons (Fsp3) is 0.200. The Hall–Kier alpha value is -0.920. The molecule has 2 aromatic rings. The third kappa shape index (κ3) is 3.05. The molecule has 0 atom stereocenters. The van der Waals surface area contributed by atoms with E-state index in [9.17, 15) is 0 Å². The van der Waals surface area contributed by atoms with Crippen LogP contribution in [0.25, 0.3) is 11.1 Å². The highest BCUT2D eigenvalue weighted by Gasteiger charge is 2.03. The zero-order valence-corrected chi connectivity index (χ0v) is 11.6. The number of hydrogen-bond acceptors (Lipinski definition) is 1. The van der Waals surface area contributed by atoms with Crippen molar-refractivity contribution in [3.63, 3.8) is 0 Å². The van der Waals surface area contributed by atoms with Crippen molar-refractivity contribution in [2.75, 3.05) is 6.26 Å². The Labute approximate surface area is 112 Å². The van der Waals surface area contributed by atoms with Gasteiger partial charge >= 0.3 is 0 Å². The third-order valence-electron chi connectivity index (χ3n) is 2.74. The topological polar surface area (TPSA) is 0 Å². The van der Waals surface area contributed by atoms with Crippen molar-refractivity contribution in [2.45, 2.75) is 12.7 Å².